The van der Waals surface area contributed by atoms with E-state index in [0.717, 1.165) is 68.9 Å². The van der Waals surface area contributed by atoms with Crippen molar-refractivity contribution in [3.05, 3.63) is 0 Å². The molecule has 1 saturated heterocycles. The van der Waals surface area contributed by atoms with Crippen molar-refractivity contribution in [1.29, 1.82) is 5.26 Å². The number of phosphoric ester groups is 1. The molecule has 0 amide bonds. The molecule has 0 saturated carbocycles. The van der Waals surface area contributed by atoms with Gasteiger partial charge in [0.05, 0.1) is 45.8 Å². The molecule has 1 aliphatic heterocycles. The lowest BCUT2D eigenvalue weighted by molar-refractivity contribution is -0.914. The van der Waals surface area contributed by atoms with Gasteiger partial charge in [0.25, 0.3) is 0 Å². The lowest BCUT2D eigenvalue weighted by Crippen LogP contribution is -3.00. The van der Waals surface area contributed by atoms with Crippen molar-refractivity contribution >= 4 is 19.8 Å². The first-order valence-corrected chi connectivity index (χ1v) is 27.3. The summed E-state index contributed by atoms with van der Waals surface area (Å²) in [6, 6.07) is 1.99. The highest BCUT2D eigenvalue weighted by Crippen LogP contribution is 2.49. The van der Waals surface area contributed by atoms with Gasteiger partial charge in [-0.3, -0.25) is 23.2 Å². The number of quaternary nitrogens is 1. The van der Waals surface area contributed by atoms with E-state index in [9.17, 15) is 14.2 Å². The van der Waals surface area contributed by atoms with Crippen LogP contribution >= 0.6 is 7.82 Å². The van der Waals surface area contributed by atoms with E-state index in [-0.39, 0.29) is 57.6 Å². The van der Waals surface area contributed by atoms with Crippen molar-refractivity contribution in [3.63, 3.8) is 0 Å². The molecular weight excluding hydrogens is 823 g/mol. The first kappa shape index (κ1) is 60.8. The van der Waals surface area contributed by atoms with Gasteiger partial charge in [-0.1, -0.05) is 194 Å². The van der Waals surface area contributed by atoms with Gasteiger partial charge < -0.3 is 26.4 Å². The fourth-order valence-corrected chi connectivity index (χ4v) is 9.45. The molecule has 62 heavy (non-hydrogen) atoms. The number of unbranched alkanes of at least 4 members (excludes halogenated alkanes) is 28. The summed E-state index contributed by atoms with van der Waals surface area (Å²) in [5.74, 6) is -0.744. The van der Waals surface area contributed by atoms with E-state index in [4.69, 9.17) is 28.3 Å². The van der Waals surface area contributed by atoms with Crippen LogP contribution in [0.3, 0.4) is 0 Å². The Balaban J connectivity index is 0.0000372. The lowest BCUT2D eigenvalue weighted by Gasteiger charge is -2.37. The Morgan fingerprint density at radius 2 is 0.935 bits per heavy atom. The highest BCUT2D eigenvalue weighted by Gasteiger charge is 2.32. The average molecular weight is 920 g/mol. The molecule has 0 radical (unpaired) electrons. The monoisotopic (exact) mass is 919 g/mol. The largest absolute Gasteiger partial charge is 1.00 e. The van der Waals surface area contributed by atoms with Gasteiger partial charge in [0.2, 0.25) is 0 Å². The van der Waals surface area contributed by atoms with Crippen LogP contribution in [0.2, 0.25) is 0 Å². The Hall–Kier alpha value is -1.21. The highest BCUT2D eigenvalue weighted by molar-refractivity contribution is 7.48. The number of carbonyl (C=O) groups is 2. The molecule has 0 bridgehead atoms. The van der Waals surface area contributed by atoms with Gasteiger partial charge >= 0.3 is 19.8 Å². The zero-order chi connectivity index (χ0) is 44.4. The van der Waals surface area contributed by atoms with Gasteiger partial charge in [0, 0.05) is 12.8 Å². The molecule has 0 aromatic carbocycles. The van der Waals surface area contributed by atoms with Gasteiger partial charge in [-0.15, -0.1) is 0 Å². The van der Waals surface area contributed by atoms with E-state index < -0.39 is 19.9 Å². The summed E-state index contributed by atoms with van der Waals surface area (Å²) < 4.78 is 42.9. The van der Waals surface area contributed by atoms with E-state index in [1.807, 2.05) is 6.07 Å². The van der Waals surface area contributed by atoms with Gasteiger partial charge in [0.15, 0.2) is 6.10 Å². The van der Waals surface area contributed by atoms with Gasteiger partial charge in [0.1, 0.15) is 19.8 Å². The molecule has 2 atom stereocenters. The number of ether oxygens (including phenoxy) is 2. The Kier molecular flexibility index (Phi) is 42.8. The zero-order valence-electron chi connectivity index (χ0n) is 40.5. The van der Waals surface area contributed by atoms with E-state index in [1.165, 1.54) is 161 Å². The predicted molar refractivity (Wildman–Crippen MR) is 250 cm³/mol. The molecule has 1 fully saturated rings. The topological polar surface area (TPSA) is 121 Å². The Morgan fingerprint density at radius 3 is 1.35 bits per heavy atom. The third-order valence-electron chi connectivity index (χ3n) is 12.4. The number of likely N-dealkylation sites (tertiary alicyclic amines) is 1. The number of halogens is 1. The summed E-state index contributed by atoms with van der Waals surface area (Å²) in [6.07, 6.45) is 40.6. The van der Waals surface area contributed by atoms with E-state index in [1.54, 1.807) is 0 Å². The quantitative estimate of drug-likeness (QED) is 0.0254. The minimum absolute atomic E-state index is 0. The number of piperidine rings is 1. The summed E-state index contributed by atoms with van der Waals surface area (Å²) in [4.78, 5) is 25.7. The van der Waals surface area contributed by atoms with Crippen molar-refractivity contribution in [3.8, 4) is 6.07 Å². The van der Waals surface area contributed by atoms with Crippen molar-refractivity contribution < 1.29 is 54.1 Å². The molecule has 0 aromatic heterocycles. The minimum atomic E-state index is -4.08. The van der Waals surface area contributed by atoms with Crippen molar-refractivity contribution in [2.45, 2.75) is 251 Å². The summed E-state index contributed by atoms with van der Waals surface area (Å²) in [7, 11) is -1.91. The maximum atomic E-state index is 13.7. The second kappa shape index (κ2) is 43.7. The number of hydrogen-bond donors (Lipinski definition) is 0. The third-order valence-corrected chi connectivity index (χ3v) is 13.8. The number of likely N-dealkylation sites (N-methyl/N-ethyl adjacent to an activating group) is 1. The summed E-state index contributed by atoms with van der Waals surface area (Å²) in [5.41, 5.74) is 0. The van der Waals surface area contributed by atoms with Crippen LogP contribution in [0, 0.1) is 11.3 Å². The second-order valence-corrected chi connectivity index (χ2v) is 20.0. The van der Waals surface area contributed by atoms with Crippen LogP contribution in [0.25, 0.3) is 0 Å². The Labute approximate surface area is 388 Å². The van der Waals surface area contributed by atoms with Crippen LogP contribution < -0.4 is 12.4 Å². The molecule has 12 heteroatoms. The number of nitriles is 1. The number of hydrogen-bond acceptors (Lipinski definition) is 9. The fraction of sp³-hybridized carbons (Fsp3) is 0.940. The molecule has 0 spiro atoms. The molecule has 2 unspecified atom stereocenters. The molecule has 366 valence electrons. The Morgan fingerprint density at radius 1 is 0.548 bits per heavy atom. The van der Waals surface area contributed by atoms with Crippen LogP contribution in [0.5, 0.6) is 0 Å². The van der Waals surface area contributed by atoms with Gasteiger partial charge in [-0.25, -0.2) is 4.57 Å². The molecule has 0 N–H and O–H groups in total. The molecule has 1 heterocycles. The minimum Gasteiger partial charge on any atom is -1.00 e. The van der Waals surface area contributed by atoms with Crippen LogP contribution in [0.1, 0.15) is 245 Å². The molecule has 10 nitrogen and oxygen atoms in total. The van der Waals surface area contributed by atoms with Crippen LogP contribution in [0.4, 0.5) is 0 Å². The maximum Gasteiger partial charge on any atom is 0.475 e. The molecule has 1 aliphatic rings. The Bertz CT molecular complexity index is 1120. The molecule has 0 aliphatic carbocycles. The standard InChI is InChI=1S/C50H96N2O8P.ClH/c1-4-6-8-10-12-14-16-18-20-22-24-26-28-30-33-38-49(53)56-46-48(47-59-61(55,57-44-37-40-51)58-45-43-52(3)41-35-32-36-42-52)60-50(54)39-34-31-29-27-25-23-21-19-17-15-13-11-9-7-5-2;/h48H,4-39,41-47H2,1-3H3;1H/q+1;/p-1. The zero-order valence-corrected chi connectivity index (χ0v) is 42.1. The van der Waals surface area contributed by atoms with Gasteiger partial charge in [-0.05, 0) is 32.1 Å². The van der Waals surface area contributed by atoms with Crippen molar-refractivity contribution in [2.75, 3.05) is 53.1 Å². The number of nitrogens with zero attached hydrogens (tertiary/aromatic N) is 2. The van der Waals surface area contributed by atoms with Gasteiger partial charge in [-0.2, -0.15) is 5.26 Å². The van der Waals surface area contributed by atoms with Crippen LogP contribution in [-0.2, 0) is 37.2 Å². The lowest BCUT2D eigenvalue weighted by atomic mass is 10.0. The highest BCUT2D eigenvalue weighted by atomic mass is 35.5. The van der Waals surface area contributed by atoms with Crippen molar-refractivity contribution in [2.24, 2.45) is 0 Å². The first-order valence-electron chi connectivity index (χ1n) is 25.8. The number of esters is 2. The second-order valence-electron chi connectivity index (χ2n) is 18.4. The molecular formula is C50H96ClN2O8P. The van der Waals surface area contributed by atoms with E-state index in [0.29, 0.717) is 13.0 Å². The summed E-state index contributed by atoms with van der Waals surface area (Å²) in [6.45, 7) is 6.79. The third kappa shape index (κ3) is 38.1. The smallest absolute Gasteiger partial charge is 0.475 e. The van der Waals surface area contributed by atoms with E-state index >= 15 is 0 Å². The molecule has 1 rings (SSSR count). The fourth-order valence-electron chi connectivity index (χ4n) is 8.26. The number of rotatable bonds is 45. The number of carbonyl (C=O) groups excluding carboxylic acids is 2. The van der Waals surface area contributed by atoms with E-state index in [2.05, 4.69) is 20.9 Å². The molecule has 0 aromatic rings. The SMILES string of the molecule is CCCCCCCCCCCCCCCCCC(=O)OCC(COP(=O)(OCCC#N)OCC[N+]1(C)CCCCC1)OC(=O)CCCCCCCCCCCCCCCCC.[Cl-]. The summed E-state index contributed by atoms with van der Waals surface area (Å²) >= 11 is 0. The normalized spacial score (nSPS) is 15.0. The average Bonchev–Trinajstić information content (AvgIpc) is 3.25. The first-order chi connectivity index (χ1) is 29.8. The van der Waals surface area contributed by atoms with Crippen LogP contribution in [0.15, 0.2) is 0 Å². The summed E-state index contributed by atoms with van der Waals surface area (Å²) in [5, 5.41) is 9.06. The van der Waals surface area contributed by atoms with Crippen LogP contribution in [-0.4, -0.2) is 75.6 Å². The predicted octanol–water partition coefficient (Wildman–Crippen LogP) is 11.7. The maximum absolute atomic E-state index is 13.7. The number of phosphoric acid groups is 1. The van der Waals surface area contributed by atoms with Crippen molar-refractivity contribution in [1.82, 2.24) is 0 Å².